The van der Waals surface area contributed by atoms with Gasteiger partial charge in [0.25, 0.3) is 0 Å². The van der Waals surface area contributed by atoms with Gasteiger partial charge in [0.05, 0.1) is 5.56 Å². The van der Waals surface area contributed by atoms with Gasteiger partial charge in [-0.05, 0) is 18.6 Å². The Morgan fingerprint density at radius 2 is 2.43 bits per heavy atom. The highest BCUT2D eigenvalue weighted by molar-refractivity contribution is 7.99. The lowest BCUT2D eigenvalue weighted by atomic mass is 10.3. The molecule has 0 spiro atoms. The van der Waals surface area contributed by atoms with Crippen molar-refractivity contribution in [3.8, 4) is 0 Å². The summed E-state index contributed by atoms with van der Waals surface area (Å²) in [6, 6.07) is 3.23. The molecule has 0 aliphatic carbocycles. The first-order chi connectivity index (χ1) is 6.65. The van der Waals surface area contributed by atoms with E-state index in [1.807, 2.05) is 0 Å². The molecule has 0 bridgehead atoms. The van der Waals surface area contributed by atoms with Gasteiger partial charge in [0.15, 0.2) is 0 Å². The lowest BCUT2D eigenvalue weighted by molar-refractivity contribution is 0.0692. The molecule has 1 aromatic heterocycles. The minimum absolute atomic E-state index is 0.290. The van der Waals surface area contributed by atoms with Crippen LogP contribution in [0.15, 0.2) is 23.4 Å². The predicted octanol–water partition coefficient (Wildman–Crippen LogP) is 2.67. The zero-order valence-corrected chi connectivity index (χ0v) is 9.04. The highest BCUT2D eigenvalue weighted by Gasteiger charge is 2.12. The maximum absolute atomic E-state index is 10.8. The molecule has 1 heterocycles. The Kier molecular flexibility index (Phi) is 3.95. The van der Waals surface area contributed by atoms with Gasteiger partial charge >= 0.3 is 5.97 Å². The summed E-state index contributed by atoms with van der Waals surface area (Å²) >= 11 is 1.51. The third kappa shape index (κ3) is 2.73. The van der Waals surface area contributed by atoms with Gasteiger partial charge in [-0.2, -0.15) is 0 Å². The van der Waals surface area contributed by atoms with Crippen LogP contribution in [0, 0.1) is 0 Å². The number of pyridine rings is 1. The van der Waals surface area contributed by atoms with Gasteiger partial charge in [-0.1, -0.05) is 13.8 Å². The van der Waals surface area contributed by atoms with Crippen LogP contribution in [0.4, 0.5) is 0 Å². The van der Waals surface area contributed by atoms with E-state index in [0.29, 0.717) is 10.3 Å². The molecule has 1 atom stereocenters. The molecule has 4 heteroatoms. The van der Waals surface area contributed by atoms with Crippen molar-refractivity contribution in [3.63, 3.8) is 0 Å². The van der Waals surface area contributed by atoms with Crippen LogP contribution in [-0.4, -0.2) is 21.3 Å². The standard InChI is InChI=1S/C10H13NO2S/c1-3-7(2)14-9-8(10(12)13)5-4-6-11-9/h4-7H,3H2,1-2H3,(H,12,13)/t7-/m0/s1. The van der Waals surface area contributed by atoms with Gasteiger partial charge in [-0.25, -0.2) is 9.78 Å². The monoisotopic (exact) mass is 211 g/mol. The molecule has 1 aromatic rings. The number of aromatic carboxylic acids is 1. The molecule has 1 N–H and O–H groups in total. The fourth-order valence-corrected chi connectivity index (χ4v) is 1.87. The van der Waals surface area contributed by atoms with Crippen molar-refractivity contribution in [3.05, 3.63) is 23.9 Å². The second kappa shape index (κ2) is 5.00. The predicted molar refractivity (Wildman–Crippen MR) is 56.8 cm³/mol. The molecule has 0 aromatic carbocycles. The smallest absolute Gasteiger partial charge is 0.338 e. The molecule has 0 aliphatic heterocycles. The summed E-state index contributed by atoms with van der Waals surface area (Å²) in [7, 11) is 0. The molecule has 0 fully saturated rings. The molecule has 0 saturated heterocycles. The van der Waals surface area contributed by atoms with E-state index in [-0.39, 0.29) is 5.56 Å². The molecule has 1 rings (SSSR count). The number of hydrogen-bond donors (Lipinski definition) is 1. The van der Waals surface area contributed by atoms with Crippen molar-refractivity contribution in [2.24, 2.45) is 0 Å². The van der Waals surface area contributed by atoms with Gasteiger partial charge < -0.3 is 5.11 Å². The highest BCUT2D eigenvalue weighted by Crippen LogP contribution is 2.25. The number of aromatic nitrogens is 1. The van der Waals surface area contributed by atoms with Crippen LogP contribution < -0.4 is 0 Å². The Balaban J connectivity index is 2.90. The second-order valence-corrected chi connectivity index (χ2v) is 4.43. The van der Waals surface area contributed by atoms with E-state index in [9.17, 15) is 4.79 Å². The molecular weight excluding hydrogens is 198 g/mol. The Labute approximate surface area is 87.6 Å². The lowest BCUT2D eigenvalue weighted by Gasteiger charge is -2.08. The van der Waals surface area contributed by atoms with Crippen molar-refractivity contribution in [1.82, 2.24) is 4.98 Å². The van der Waals surface area contributed by atoms with Gasteiger partial charge in [0.1, 0.15) is 5.03 Å². The van der Waals surface area contributed by atoms with Crippen LogP contribution in [0.3, 0.4) is 0 Å². The molecule has 0 radical (unpaired) electrons. The first-order valence-corrected chi connectivity index (χ1v) is 5.38. The van der Waals surface area contributed by atoms with Crippen LogP contribution >= 0.6 is 11.8 Å². The number of carboxylic acids is 1. The van der Waals surface area contributed by atoms with Crippen molar-refractivity contribution < 1.29 is 9.90 Å². The average molecular weight is 211 g/mol. The van der Waals surface area contributed by atoms with E-state index in [1.165, 1.54) is 11.8 Å². The minimum atomic E-state index is -0.913. The zero-order chi connectivity index (χ0) is 10.6. The van der Waals surface area contributed by atoms with Gasteiger partial charge in [-0.3, -0.25) is 0 Å². The topological polar surface area (TPSA) is 50.2 Å². The Morgan fingerprint density at radius 3 is 3.00 bits per heavy atom. The summed E-state index contributed by atoms with van der Waals surface area (Å²) in [5.41, 5.74) is 0.290. The van der Waals surface area contributed by atoms with Crippen LogP contribution in [0.25, 0.3) is 0 Å². The molecule has 0 aliphatic rings. The normalized spacial score (nSPS) is 12.4. The molecule has 76 valence electrons. The van der Waals surface area contributed by atoms with Gasteiger partial charge in [0, 0.05) is 11.4 Å². The SMILES string of the molecule is CC[C@H](C)Sc1ncccc1C(=O)O. The van der Waals surface area contributed by atoms with Crippen LogP contribution in [0.5, 0.6) is 0 Å². The first-order valence-electron chi connectivity index (χ1n) is 4.50. The van der Waals surface area contributed by atoms with Crippen LogP contribution in [-0.2, 0) is 0 Å². The summed E-state index contributed by atoms with van der Waals surface area (Å²) < 4.78 is 0. The van der Waals surface area contributed by atoms with Crippen molar-refractivity contribution in [2.45, 2.75) is 30.5 Å². The van der Waals surface area contributed by atoms with Crippen LogP contribution in [0.1, 0.15) is 30.6 Å². The van der Waals surface area contributed by atoms with E-state index >= 15 is 0 Å². The maximum Gasteiger partial charge on any atom is 0.338 e. The molecule has 0 amide bonds. The summed E-state index contributed by atoms with van der Waals surface area (Å²) in [6.07, 6.45) is 2.62. The number of thioether (sulfide) groups is 1. The number of nitrogens with zero attached hydrogens (tertiary/aromatic N) is 1. The van der Waals surface area contributed by atoms with E-state index in [2.05, 4.69) is 18.8 Å². The molecule has 0 unspecified atom stereocenters. The Morgan fingerprint density at radius 1 is 1.71 bits per heavy atom. The molecule has 14 heavy (non-hydrogen) atoms. The second-order valence-electron chi connectivity index (χ2n) is 3.00. The molecule has 3 nitrogen and oxygen atoms in total. The fourth-order valence-electron chi connectivity index (χ4n) is 0.921. The Bertz CT molecular complexity index is 328. The average Bonchev–Trinajstić information content (AvgIpc) is 2.18. The number of hydrogen-bond acceptors (Lipinski definition) is 3. The zero-order valence-electron chi connectivity index (χ0n) is 8.23. The maximum atomic E-state index is 10.8. The minimum Gasteiger partial charge on any atom is -0.478 e. The molecule has 0 saturated carbocycles. The molecular formula is C10H13NO2S. The van der Waals surface area contributed by atoms with E-state index < -0.39 is 5.97 Å². The quantitative estimate of drug-likeness (QED) is 0.778. The van der Waals surface area contributed by atoms with Crippen molar-refractivity contribution in [2.75, 3.05) is 0 Å². The number of rotatable bonds is 4. The van der Waals surface area contributed by atoms with E-state index in [0.717, 1.165) is 6.42 Å². The van der Waals surface area contributed by atoms with Crippen LogP contribution in [0.2, 0.25) is 0 Å². The summed E-state index contributed by atoms with van der Waals surface area (Å²) in [6.45, 7) is 4.13. The number of carbonyl (C=O) groups is 1. The van der Waals surface area contributed by atoms with E-state index in [4.69, 9.17) is 5.11 Å². The third-order valence-electron chi connectivity index (χ3n) is 1.89. The number of carboxylic acid groups (broad SMARTS) is 1. The van der Waals surface area contributed by atoms with Crippen molar-refractivity contribution >= 4 is 17.7 Å². The largest absolute Gasteiger partial charge is 0.478 e. The van der Waals surface area contributed by atoms with Crippen molar-refractivity contribution in [1.29, 1.82) is 0 Å². The van der Waals surface area contributed by atoms with Gasteiger partial charge in [0.2, 0.25) is 0 Å². The summed E-state index contributed by atoms with van der Waals surface area (Å²) in [5, 5.41) is 9.90. The fraction of sp³-hybridized carbons (Fsp3) is 0.400. The van der Waals surface area contributed by atoms with Gasteiger partial charge in [-0.15, -0.1) is 11.8 Å². The summed E-state index contributed by atoms with van der Waals surface area (Å²) in [4.78, 5) is 14.9. The van der Waals surface area contributed by atoms with E-state index in [1.54, 1.807) is 18.3 Å². The summed E-state index contributed by atoms with van der Waals surface area (Å²) in [5.74, 6) is -0.913. The highest BCUT2D eigenvalue weighted by atomic mass is 32.2. The first kappa shape index (κ1) is 11.0. The lowest BCUT2D eigenvalue weighted by Crippen LogP contribution is -2.03. The third-order valence-corrected chi connectivity index (χ3v) is 3.17. The Hall–Kier alpha value is -1.03.